The van der Waals surface area contributed by atoms with Gasteiger partial charge in [-0.05, 0) is 61.2 Å². The third-order valence-electron chi connectivity index (χ3n) is 7.66. The summed E-state index contributed by atoms with van der Waals surface area (Å²) < 4.78 is 6.30. The summed E-state index contributed by atoms with van der Waals surface area (Å²) in [7, 11) is 0. The van der Waals surface area contributed by atoms with Crippen LogP contribution < -0.4 is 9.64 Å². The van der Waals surface area contributed by atoms with Crippen molar-refractivity contribution >= 4 is 17.1 Å². The number of hydrogen-bond acceptors (Lipinski definition) is 3. The van der Waals surface area contributed by atoms with Crippen molar-refractivity contribution in [2.24, 2.45) is 5.41 Å². The molecule has 3 nitrogen and oxygen atoms in total. The predicted octanol–water partition coefficient (Wildman–Crippen LogP) is 7.80. The molecule has 2 aliphatic rings. The molecule has 3 aromatic carbocycles. The van der Waals surface area contributed by atoms with Crippen LogP contribution in [0.3, 0.4) is 0 Å². The van der Waals surface area contributed by atoms with E-state index < -0.39 is 5.60 Å². The number of ether oxygens (including phenoxy) is 1. The standard InChI is InChI=1S/C30H33NO2/c1-28(2,30(5,6)32)18-10-11-20-16-17-23-22(19-20)29(3,4)21-12-9-15-26-27(21)31(23)24-13-7-8-14-25(24)33-26/h7-10,12-19,32H,11H2,1-6H3/b18-10-. The predicted molar refractivity (Wildman–Crippen MR) is 136 cm³/mol. The molecule has 5 rings (SSSR count). The van der Waals surface area contributed by atoms with Crippen LogP contribution in [0.25, 0.3) is 0 Å². The van der Waals surface area contributed by atoms with Crippen LogP contribution in [0.5, 0.6) is 11.5 Å². The van der Waals surface area contributed by atoms with Crippen molar-refractivity contribution < 1.29 is 9.84 Å². The van der Waals surface area contributed by atoms with Crippen LogP contribution in [-0.2, 0) is 11.8 Å². The lowest BCUT2D eigenvalue weighted by atomic mass is 9.72. The van der Waals surface area contributed by atoms with E-state index in [4.69, 9.17) is 4.74 Å². The first-order valence-electron chi connectivity index (χ1n) is 11.7. The normalized spacial score (nSPS) is 16.2. The number of rotatable bonds is 4. The van der Waals surface area contributed by atoms with E-state index in [9.17, 15) is 5.11 Å². The van der Waals surface area contributed by atoms with Crippen molar-refractivity contribution in [1.29, 1.82) is 0 Å². The van der Waals surface area contributed by atoms with Gasteiger partial charge in [0.15, 0.2) is 11.5 Å². The topological polar surface area (TPSA) is 32.7 Å². The summed E-state index contributed by atoms with van der Waals surface area (Å²) in [5.74, 6) is 1.79. The molecule has 0 atom stereocenters. The SMILES string of the molecule is CC1(C)c2cc(C/C=C\C(C)(C)C(C)(C)O)ccc2N2c3ccccc3Oc3cccc1c32. The number of nitrogens with zero attached hydrogens (tertiary/aromatic N) is 1. The van der Waals surface area contributed by atoms with Crippen LogP contribution in [-0.4, -0.2) is 10.7 Å². The third kappa shape index (κ3) is 3.38. The monoisotopic (exact) mass is 439 g/mol. The average molecular weight is 440 g/mol. The van der Waals surface area contributed by atoms with E-state index >= 15 is 0 Å². The Hall–Kier alpha value is -3.04. The van der Waals surface area contributed by atoms with Crippen molar-refractivity contribution in [2.45, 2.75) is 59.0 Å². The molecule has 0 radical (unpaired) electrons. The summed E-state index contributed by atoms with van der Waals surface area (Å²) >= 11 is 0. The van der Waals surface area contributed by atoms with Gasteiger partial charge in [0.1, 0.15) is 0 Å². The molecular formula is C30H33NO2. The Kier molecular flexibility index (Phi) is 4.77. The summed E-state index contributed by atoms with van der Waals surface area (Å²) in [6, 6.07) is 21.5. The molecule has 0 aromatic heterocycles. The Morgan fingerprint density at radius 3 is 2.36 bits per heavy atom. The van der Waals surface area contributed by atoms with Gasteiger partial charge in [-0.2, -0.15) is 0 Å². The first-order valence-corrected chi connectivity index (χ1v) is 11.7. The van der Waals surface area contributed by atoms with E-state index in [-0.39, 0.29) is 10.8 Å². The van der Waals surface area contributed by atoms with E-state index in [1.165, 1.54) is 22.4 Å². The van der Waals surface area contributed by atoms with E-state index in [1.807, 2.05) is 26.0 Å². The summed E-state index contributed by atoms with van der Waals surface area (Å²) in [6.45, 7) is 12.5. The Morgan fingerprint density at radius 1 is 0.879 bits per heavy atom. The van der Waals surface area contributed by atoms with E-state index in [1.54, 1.807) is 0 Å². The first kappa shape index (κ1) is 21.8. The zero-order chi connectivity index (χ0) is 23.6. The van der Waals surface area contributed by atoms with Gasteiger partial charge in [-0.3, -0.25) is 0 Å². The Labute approximate surface area is 197 Å². The summed E-state index contributed by atoms with van der Waals surface area (Å²) in [5.41, 5.74) is 6.07. The van der Waals surface area contributed by atoms with E-state index in [0.717, 1.165) is 29.3 Å². The molecule has 0 unspecified atom stereocenters. The van der Waals surface area contributed by atoms with Crippen LogP contribution >= 0.6 is 0 Å². The summed E-state index contributed by atoms with van der Waals surface area (Å²) in [6.07, 6.45) is 5.15. The lowest BCUT2D eigenvalue weighted by Crippen LogP contribution is -2.37. The van der Waals surface area contributed by atoms with Crippen molar-refractivity contribution in [2.75, 3.05) is 4.90 Å². The van der Waals surface area contributed by atoms with Crippen LogP contribution in [0.4, 0.5) is 17.1 Å². The fraction of sp³-hybridized carbons (Fsp3) is 0.333. The minimum absolute atomic E-state index is 0.154. The molecule has 170 valence electrons. The van der Waals surface area contributed by atoms with Crippen molar-refractivity contribution in [1.82, 2.24) is 0 Å². The van der Waals surface area contributed by atoms with E-state index in [0.29, 0.717) is 0 Å². The largest absolute Gasteiger partial charge is 0.453 e. The zero-order valence-corrected chi connectivity index (χ0v) is 20.4. The highest BCUT2D eigenvalue weighted by molar-refractivity contribution is 5.93. The fourth-order valence-corrected chi connectivity index (χ4v) is 4.80. The fourth-order valence-electron chi connectivity index (χ4n) is 4.80. The first-order chi connectivity index (χ1) is 15.5. The minimum atomic E-state index is -0.771. The third-order valence-corrected chi connectivity index (χ3v) is 7.66. The van der Waals surface area contributed by atoms with Crippen molar-refractivity contribution in [3.8, 4) is 11.5 Å². The lowest BCUT2D eigenvalue weighted by Gasteiger charge is -2.45. The number of benzene rings is 3. The molecule has 3 heteroatoms. The molecule has 0 fully saturated rings. The minimum Gasteiger partial charge on any atom is -0.453 e. The van der Waals surface area contributed by atoms with Gasteiger partial charge < -0.3 is 14.7 Å². The van der Waals surface area contributed by atoms with Crippen LogP contribution in [0.1, 0.15) is 58.2 Å². The highest BCUT2D eigenvalue weighted by Crippen LogP contribution is 2.59. The summed E-state index contributed by atoms with van der Waals surface area (Å²) in [5, 5.41) is 10.5. The molecule has 3 aromatic rings. The Morgan fingerprint density at radius 2 is 1.61 bits per heavy atom. The number of allylic oxidation sites excluding steroid dienone is 1. The van der Waals surface area contributed by atoms with E-state index in [2.05, 4.69) is 93.3 Å². The summed E-state index contributed by atoms with van der Waals surface area (Å²) in [4.78, 5) is 2.36. The average Bonchev–Trinajstić information content (AvgIpc) is 2.75. The maximum atomic E-state index is 10.5. The second kappa shape index (κ2) is 7.23. The number of hydrogen-bond donors (Lipinski definition) is 1. The second-order valence-corrected chi connectivity index (χ2v) is 10.9. The maximum Gasteiger partial charge on any atom is 0.151 e. The smallest absolute Gasteiger partial charge is 0.151 e. The molecule has 1 N–H and O–H groups in total. The highest BCUT2D eigenvalue weighted by atomic mass is 16.5. The van der Waals surface area contributed by atoms with Crippen molar-refractivity contribution in [3.05, 3.63) is 89.5 Å². The molecule has 0 saturated heterocycles. The molecule has 2 aliphatic heterocycles. The van der Waals surface area contributed by atoms with Gasteiger partial charge >= 0.3 is 0 Å². The quantitative estimate of drug-likeness (QED) is 0.329. The molecule has 2 heterocycles. The van der Waals surface area contributed by atoms with Gasteiger partial charge in [-0.25, -0.2) is 0 Å². The lowest BCUT2D eigenvalue weighted by molar-refractivity contribution is -0.00749. The van der Waals surface area contributed by atoms with Gasteiger partial charge in [0.05, 0.1) is 22.7 Å². The molecule has 0 saturated carbocycles. The highest BCUT2D eigenvalue weighted by Gasteiger charge is 2.41. The Bertz CT molecular complexity index is 1260. The number of anilines is 3. The van der Waals surface area contributed by atoms with Crippen LogP contribution in [0, 0.1) is 5.41 Å². The van der Waals surface area contributed by atoms with Crippen LogP contribution in [0.2, 0.25) is 0 Å². The van der Waals surface area contributed by atoms with Gasteiger partial charge in [0.25, 0.3) is 0 Å². The Balaban J connectivity index is 1.59. The van der Waals surface area contributed by atoms with Gasteiger partial charge in [-0.15, -0.1) is 0 Å². The molecule has 0 bridgehead atoms. The van der Waals surface area contributed by atoms with Gasteiger partial charge in [-0.1, -0.05) is 76.2 Å². The number of fused-ring (bicyclic) bond motifs is 4. The van der Waals surface area contributed by atoms with Gasteiger partial charge in [0, 0.05) is 10.8 Å². The molecule has 0 spiro atoms. The molecule has 0 aliphatic carbocycles. The number of para-hydroxylation sites is 3. The molecular weight excluding hydrogens is 406 g/mol. The molecule has 0 amide bonds. The second-order valence-electron chi connectivity index (χ2n) is 10.9. The molecule has 33 heavy (non-hydrogen) atoms. The van der Waals surface area contributed by atoms with Crippen molar-refractivity contribution in [3.63, 3.8) is 0 Å². The van der Waals surface area contributed by atoms with Gasteiger partial charge in [0.2, 0.25) is 0 Å². The maximum absolute atomic E-state index is 10.5. The van der Waals surface area contributed by atoms with Crippen LogP contribution in [0.15, 0.2) is 72.8 Å². The zero-order valence-electron chi connectivity index (χ0n) is 20.4. The number of aliphatic hydroxyl groups is 1.